The monoisotopic (exact) mass is 424 g/mol. The summed E-state index contributed by atoms with van der Waals surface area (Å²) in [4.78, 5) is 45.3. The lowest BCUT2D eigenvalue weighted by Gasteiger charge is -2.28. The molecule has 8 nitrogen and oxygen atoms in total. The zero-order valence-electron chi connectivity index (χ0n) is 18.2. The summed E-state index contributed by atoms with van der Waals surface area (Å²) in [6, 6.07) is 7.15. The van der Waals surface area contributed by atoms with Gasteiger partial charge in [-0.1, -0.05) is 30.8 Å². The Morgan fingerprint density at radius 3 is 1.93 bits per heavy atom. The molecule has 0 fully saturated rings. The molecule has 0 saturated heterocycles. The topological polar surface area (TPSA) is 89.5 Å². The highest BCUT2D eigenvalue weighted by Gasteiger charge is 2.34. The number of carbonyl (C=O) groups excluding carboxylic acids is 2. The van der Waals surface area contributed by atoms with Gasteiger partial charge in [-0.2, -0.15) is 0 Å². The molecule has 0 aliphatic heterocycles. The first-order valence-corrected chi connectivity index (χ1v) is 10.1. The maximum Gasteiger partial charge on any atom is 0.320 e. The Kier molecular flexibility index (Phi) is 11.9. The van der Waals surface area contributed by atoms with E-state index < -0.39 is 23.5 Å². The fourth-order valence-electron chi connectivity index (χ4n) is 2.65. The normalized spacial score (nSPS) is 13.0. The lowest BCUT2D eigenvalue weighted by molar-refractivity contribution is -0.390. The zero-order valence-corrected chi connectivity index (χ0v) is 18.2. The van der Waals surface area contributed by atoms with Gasteiger partial charge in [0, 0.05) is 0 Å². The number of hydrogen-bond donors (Lipinski definition) is 0. The van der Waals surface area contributed by atoms with Gasteiger partial charge >= 0.3 is 11.9 Å². The first-order valence-electron chi connectivity index (χ1n) is 10.1. The minimum atomic E-state index is -1.09. The average molecular weight is 424 g/mol. The van der Waals surface area contributed by atoms with Gasteiger partial charge in [0.1, 0.15) is 6.61 Å². The fourth-order valence-corrected chi connectivity index (χ4v) is 2.65. The van der Waals surface area contributed by atoms with Crippen LogP contribution < -0.4 is 0 Å². The quantitative estimate of drug-likeness (QED) is 0.106. The van der Waals surface area contributed by atoms with Crippen molar-refractivity contribution in [2.24, 2.45) is 5.92 Å². The molecule has 8 heteroatoms. The molecule has 1 aromatic rings. The minimum absolute atomic E-state index is 0.0258. The van der Waals surface area contributed by atoms with Crippen molar-refractivity contribution in [1.82, 2.24) is 0 Å². The van der Waals surface area contributed by atoms with E-state index in [1.165, 1.54) is 0 Å². The van der Waals surface area contributed by atoms with Crippen LogP contribution in [-0.4, -0.2) is 45.0 Å². The third kappa shape index (κ3) is 7.53. The van der Waals surface area contributed by atoms with Crippen LogP contribution in [0.4, 0.5) is 0 Å². The second kappa shape index (κ2) is 13.9. The lowest BCUT2D eigenvalue weighted by atomic mass is 9.92. The van der Waals surface area contributed by atoms with Crippen molar-refractivity contribution in [1.29, 1.82) is 0 Å². The van der Waals surface area contributed by atoms with Crippen LogP contribution in [0, 0.1) is 5.92 Å². The highest BCUT2D eigenvalue weighted by Crippen LogP contribution is 2.29. The minimum Gasteiger partial charge on any atom is -0.465 e. The molecule has 0 aliphatic rings. The van der Waals surface area contributed by atoms with Crippen LogP contribution in [0.2, 0.25) is 0 Å². The largest absolute Gasteiger partial charge is 0.465 e. The summed E-state index contributed by atoms with van der Waals surface area (Å²) in [5.41, 5.74) is 0.369. The van der Waals surface area contributed by atoms with Crippen LogP contribution in [0.25, 0.3) is 0 Å². The predicted molar refractivity (Wildman–Crippen MR) is 109 cm³/mol. The van der Waals surface area contributed by atoms with E-state index in [0.717, 1.165) is 5.56 Å². The predicted octanol–water partition coefficient (Wildman–Crippen LogP) is 3.29. The summed E-state index contributed by atoms with van der Waals surface area (Å²) in [5, 5.41) is 0. The first kappa shape index (κ1) is 25.8. The summed E-state index contributed by atoms with van der Waals surface area (Å²) in [6.45, 7) is 11.9. The second-order valence-electron chi connectivity index (χ2n) is 6.21. The summed E-state index contributed by atoms with van der Waals surface area (Å²) in [5.74, 6) is -2.24. The van der Waals surface area contributed by atoms with E-state index in [1.807, 2.05) is 0 Å². The molecule has 0 bridgehead atoms. The van der Waals surface area contributed by atoms with Crippen molar-refractivity contribution < 1.29 is 38.6 Å². The Morgan fingerprint density at radius 2 is 1.47 bits per heavy atom. The molecular formula is C22H32O8. The average Bonchev–Trinajstić information content (AvgIpc) is 2.75. The summed E-state index contributed by atoms with van der Waals surface area (Å²) >= 11 is 0. The second-order valence-corrected chi connectivity index (χ2v) is 6.21. The number of esters is 2. The van der Waals surface area contributed by atoms with Gasteiger partial charge in [-0.15, -0.1) is 0 Å². The summed E-state index contributed by atoms with van der Waals surface area (Å²) in [6.07, 6.45) is 1.72. The van der Waals surface area contributed by atoms with E-state index in [-0.39, 0.29) is 26.2 Å². The Bertz CT molecular complexity index is 640. The number of rotatable bonds is 15. The van der Waals surface area contributed by atoms with Gasteiger partial charge in [-0.05, 0) is 51.3 Å². The number of carbonyl (C=O) groups is 2. The molecule has 1 unspecified atom stereocenters. The molecule has 0 aromatic heterocycles. The lowest BCUT2D eigenvalue weighted by Crippen LogP contribution is -2.33. The molecule has 0 saturated carbocycles. The molecule has 0 amide bonds. The van der Waals surface area contributed by atoms with Crippen LogP contribution in [0.1, 0.15) is 38.8 Å². The molecule has 1 atom stereocenters. The molecule has 0 aliphatic carbocycles. The Labute approximate surface area is 177 Å². The number of ether oxygens (including phenoxy) is 2. The van der Waals surface area contributed by atoms with Crippen LogP contribution in [-0.2, 0) is 50.6 Å². The summed E-state index contributed by atoms with van der Waals surface area (Å²) in [7, 11) is 0. The van der Waals surface area contributed by atoms with Gasteiger partial charge in [-0.3, -0.25) is 9.59 Å². The highest BCUT2D eigenvalue weighted by atomic mass is 17.2. The van der Waals surface area contributed by atoms with Gasteiger partial charge in [0.25, 0.3) is 0 Å². The van der Waals surface area contributed by atoms with Gasteiger partial charge in [0.05, 0.1) is 26.4 Å². The Balaban J connectivity index is 3.06. The van der Waals surface area contributed by atoms with Crippen molar-refractivity contribution in [2.75, 3.05) is 33.0 Å². The van der Waals surface area contributed by atoms with Gasteiger partial charge in [0.2, 0.25) is 0 Å². The van der Waals surface area contributed by atoms with Crippen LogP contribution in [0.3, 0.4) is 0 Å². The molecule has 168 valence electrons. The van der Waals surface area contributed by atoms with Crippen LogP contribution in [0.15, 0.2) is 36.9 Å². The van der Waals surface area contributed by atoms with Crippen LogP contribution >= 0.6 is 0 Å². The van der Waals surface area contributed by atoms with Crippen LogP contribution in [0.5, 0.6) is 0 Å². The van der Waals surface area contributed by atoms with Crippen molar-refractivity contribution in [2.45, 2.75) is 39.7 Å². The van der Waals surface area contributed by atoms with Gasteiger partial charge < -0.3 is 9.47 Å². The Hall–Kier alpha value is -2.26. The van der Waals surface area contributed by atoms with E-state index in [2.05, 4.69) is 6.58 Å². The molecule has 1 rings (SSSR count). The SMILES string of the molecule is C=CC(COOCC)(OOCC)c1ccc(CC(C(=O)OCC)C(=O)OCC)cc1. The zero-order chi connectivity index (χ0) is 22.4. The fraction of sp³-hybridized carbons (Fsp3) is 0.545. The van der Waals surface area contributed by atoms with Crippen molar-refractivity contribution in [3.63, 3.8) is 0 Å². The number of benzene rings is 1. The maximum absolute atomic E-state index is 12.2. The molecule has 1 aromatic carbocycles. The third-order valence-electron chi connectivity index (χ3n) is 4.15. The van der Waals surface area contributed by atoms with Crippen molar-refractivity contribution in [3.8, 4) is 0 Å². The van der Waals surface area contributed by atoms with E-state index in [1.54, 1.807) is 58.0 Å². The standard InChI is InChI=1S/C22H32O8/c1-6-22(30-28-10-5,16-29-27-9-4)18-13-11-17(12-14-18)15-19(20(23)25-7-2)21(24)26-8-3/h6,11-14,19H,1,7-10,15-16H2,2-5H3. The molecule has 0 spiro atoms. The van der Waals surface area contributed by atoms with E-state index in [0.29, 0.717) is 18.8 Å². The maximum atomic E-state index is 12.2. The van der Waals surface area contributed by atoms with Crippen molar-refractivity contribution >= 4 is 11.9 Å². The molecular weight excluding hydrogens is 392 g/mol. The molecule has 0 heterocycles. The smallest absolute Gasteiger partial charge is 0.320 e. The first-order chi connectivity index (χ1) is 14.5. The Morgan fingerprint density at radius 1 is 0.900 bits per heavy atom. The van der Waals surface area contributed by atoms with Gasteiger partial charge in [0.15, 0.2) is 11.5 Å². The van der Waals surface area contributed by atoms with Gasteiger partial charge in [-0.25, -0.2) is 19.6 Å². The van der Waals surface area contributed by atoms with E-state index >= 15 is 0 Å². The van der Waals surface area contributed by atoms with Crippen molar-refractivity contribution in [3.05, 3.63) is 48.0 Å². The highest BCUT2D eigenvalue weighted by molar-refractivity contribution is 5.95. The molecule has 30 heavy (non-hydrogen) atoms. The van der Waals surface area contributed by atoms with E-state index in [9.17, 15) is 9.59 Å². The molecule has 0 N–H and O–H groups in total. The van der Waals surface area contributed by atoms with E-state index in [4.69, 9.17) is 29.0 Å². The molecule has 0 radical (unpaired) electrons. The number of hydrogen-bond acceptors (Lipinski definition) is 8. The third-order valence-corrected chi connectivity index (χ3v) is 4.15. The summed E-state index contributed by atoms with van der Waals surface area (Å²) < 4.78 is 10.0.